The van der Waals surface area contributed by atoms with Crippen LogP contribution >= 0.6 is 11.3 Å². The molecule has 1 aliphatic heterocycles. The highest BCUT2D eigenvalue weighted by Gasteiger charge is 2.27. The maximum absolute atomic E-state index is 12.9. The first-order valence-corrected chi connectivity index (χ1v) is 12.8. The van der Waals surface area contributed by atoms with Gasteiger partial charge in [-0.15, -0.1) is 11.3 Å². The van der Waals surface area contributed by atoms with Gasteiger partial charge in [0, 0.05) is 23.5 Å². The predicted molar refractivity (Wildman–Crippen MR) is 123 cm³/mol. The summed E-state index contributed by atoms with van der Waals surface area (Å²) < 4.78 is 25.8. The first-order chi connectivity index (χ1) is 15.1. The highest BCUT2D eigenvalue weighted by atomic mass is 32.2. The van der Waals surface area contributed by atoms with Gasteiger partial charge in [-0.25, -0.2) is 23.4 Å². The Bertz CT molecular complexity index is 1290. The number of hydrogen-bond acceptors (Lipinski definition) is 7. The first-order valence-electron chi connectivity index (χ1n) is 10.3. The van der Waals surface area contributed by atoms with Crippen molar-refractivity contribution in [1.82, 2.24) is 15.0 Å². The van der Waals surface area contributed by atoms with Gasteiger partial charge in [-0.3, -0.25) is 0 Å². The van der Waals surface area contributed by atoms with E-state index in [2.05, 4.69) is 44.1 Å². The van der Waals surface area contributed by atoms with Crippen molar-refractivity contribution in [3.63, 3.8) is 0 Å². The summed E-state index contributed by atoms with van der Waals surface area (Å²) in [5.74, 6) is 0.762. The molecule has 31 heavy (non-hydrogen) atoms. The smallest absolute Gasteiger partial charge is 0.184 e. The fourth-order valence-electron chi connectivity index (χ4n) is 4.22. The van der Waals surface area contributed by atoms with Crippen LogP contribution in [0.2, 0.25) is 0 Å². The quantitative estimate of drug-likeness (QED) is 0.435. The molecule has 0 N–H and O–H groups in total. The standard InChI is InChI=1S/C23H22N4O2S2/c28-31(29,15-22-24-11-13-30-22)18-9-10-19-20(14-18)25-16-26-23(19)27-12-5-4-8-21(27)17-6-2-1-3-7-17/h1-3,6-7,9-11,13-14,16,21H,4-5,8,12,15H2. The van der Waals surface area contributed by atoms with Crippen LogP contribution in [0.1, 0.15) is 35.9 Å². The average Bonchev–Trinajstić information content (AvgIpc) is 3.31. The lowest BCUT2D eigenvalue weighted by Gasteiger charge is -2.37. The predicted octanol–water partition coefficient (Wildman–Crippen LogP) is 4.79. The van der Waals surface area contributed by atoms with Gasteiger partial charge in [0.05, 0.1) is 16.5 Å². The molecule has 2 aromatic carbocycles. The van der Waals surface area contributed by atoms with E-state index in [-0.39, 0.29) is 16.7 Å². The Kier molecular flexibility index (Phi) is 5.41. The summed E-state index contributed by atoms with van der Waals surface area (Å²) in [5.41, 5.74) is 1.92. The van der Waals surface area contributed by atoms with Crippen molar-refractivity contribution in [3.05, 3.63) is 77.0 Å². The highest BCUT2D eigenvalue weighted by molar-refractivity contribution is 7.90. The largest absolute Gasteiger partial charge is 0.349 e. The monoisotopic (exact) mass is 450 g/mol. The zero-order valence-electron chi connectivity index (χ0n) is 16.9. The molecule has 1 saturated heterocycles. The molecule has 0 spiro atoms. The van der Waals surface area contributed by atoms with Crippen LogP contribution in [0.25, 0.3) is 10.9 Å². The summed E-state index contributed by atoms with van der Waals surface area (Å²) in [7, 11) is -3.49. The van der Waals surface area contributed by atoms with Crippen LogP contribution < -0.4 is 4.90 Å². The molecule has 2 aromatic heterocycles. The van der Waals surface area contributed by atoms with Crippen molar-refractivity contribution in [1.29, 1.82) is 0 Å². The number of rotatable bonds is 5. The highest BCUT2D eigenvalue weighted by Crippen LogP contribution is 2.37. The van der Waals surface area contributed by atoms with E-state index in [0.29, 0.717) is 10.5 Å². The van der Waals surface area contributed by atoms with E-state index in [1.54, 1.807) is 23.7 Å². The number of benzene rings is 2. The number of fused-ring (bicyclic) bond motifs is 1. The van der Waals surface area contributed by atoms with E-state index in [1.165, 1.54) is 29.6 Å². The zero-order valence-corrected chi connectivity index (χ0v) is 18.5. The Morgan fingerprint density at radius 3 is 2.71 bits per heavy atom. The molecule has 1 fully saturated rings. The van der Waals surface area contributed by atoms with E-state index in [1.807, 2.05) is 12.1 Å². The minimum absolute atomic E-state index is 0.101. The molecule has 1 atom stereocenters. The molecule has 0 radical (unpaired) electrons. The summed E-state index contributed by atoms with van der Waals surface area (Å²) in [6.45, 7) is 0.912. The molecule has 6 nitrogen and oxygen atoms in total. The number of sulfone groups is 1. The van der Waals surface area contributed by atoms with Crippen LogP contribution in [0, 0.1) is 0 Å². The number of nitrogens with zero attached hydrogens (tertiary/aromatic N) is 4. The normalized spacial score (nSPS) is 17.2. The molecule has 1 aliphatic rings. The van der Waals surface area contributed by atoms with E-state index >= 15 is 0 Å². The lowest BCUT2D eigenvalue weighted by molar-refractivity contribution is 0.470. The van der Waals surface area contributed by atoms with Gasteiger partial charge in [0.15, 0.2) is 9.84 Å². The van der Waals surface area contributed by atoms with Crippen molar-refractivity contribution in [2.45, 2.75) is 36.0 Å². The third kappa shape index (κ3) is 4.05. The summed E-state index contributed by atoms with van der Waals surface area (Å²) in [6.07, 6.45) is 6.51. The molecule has 4 aromatic rings. The summed E-state index contributed by atoms with van der Waals surface area (Å²) in [4.78, 5) is 15.7. The van der Waals surface area contributed by atoms with Gasteiger partial charge >= 0.3 is 0 Å². The van der Waals surface area contributed by atoms with Gasteiger partial charge in [-0.05, 0) is 43.0 Å². The molecule has 158 valence electrons. The minimum atomic E-state index is -3.49. The Hall–Kier alpha value is -2.84. The maximum Gasteiger partial charge on any atom is 0.184 e. The fourth-order valence-corrected chi connectivity index (χ4v) is 6.49. The van der Waals surface area contributed by atoms with E-state index in [4.69, 9.17) is 0 Å². The SMILES string of the molecule is O=S(=O)(Cc1nccs1)c1ccc2c(N3CCCCC3c3ccccc3)ncnc2c1. The van der Waals surface area contributed by atoms with Crippen molar-refractivity contribution in [2.75, 3.05) is 11.4 Å². The van der Waals surface area contributed by atoms with Gasteiger partial charge in [-0.2, -0.15) is 0 Å². The first kappa shape index (κ1) is 20.1. The number of hydrogen-bond donors (Lipinski definition) is 0. The number of thiazole rings is 1. The van der Waals surface area contributed by atoms with Crippen LogP contribution in [-0.4, -0.2) is 29.9 Å². The molecule has 8 heteroatoms. The Labute approximate surface area is 185 Å². The van der Waals surface area contributed by atoms with E-state index in [9.17, 15) is 8.42 Å². The van der Waals surface area contributed by atoms with Gasteiger partial charge in [-0.1, -0.05) is 30.3 Å². The average molecular weight is 451 g/mol. The zero-order chi connectivity index (χ0) is 21.3. The molecule has 3 heterocycles. The molecular weight excluding hydrogens is 428 g/mol. The Morgan fingerprint density at radius 1 is 1.03 bits per heavy atom. The van der Waals surface area contributed by atoms with Crippen LogP contribution in [-0.2, 0) is 15.6 Å². The van der Waals surface area contributed by atoms with Gasteiger partial charge in [0.1, 0.15) is 22.9 Å². The molecule has 1 unspecified atom stereocenters. The molecule has 0 amide bonds. The van der Waals surface area contributed by atoms with Crippen LogP contribution in [0.3, 0.4) is 0 Å². The second-order valence-electron chi connectivity index (χ2n) is 7.68. The number of aromatic nitrogens is 3. The topological polar surface area (TPSA) is 76.1 Å². The molecule has 0 aliphatic carbocycles. The van der Waals surface area contributed by atoms with Crippen molar-refractivity contribution >= 4 is 37.9 Å². The molecule has 0 bridgehead atoms. The number of piperidine rings is 1. The minimum Gasteiger partial charge on any atom is -0.349 e. The van der Waals surface area contributed by atoms with E-state index in [0.717, 1.165) is 30.6 Å². The Morgan fingerprint density at radius 2 is 1.90 bits per heavy atom. The molecule has 5 rings (SSSR count). The third-order valence-corrected chi connectivity index (χ3v) is 8.29. The molecule has 0 saturated carbocycles. The van der Waals surface area contributed by atoms with Crippen LogP contribution in [0.4, 0.5) is 5.82 Å². The van der Waals surface area contributed by atoms with E-state index < -0.39 is 9.84 Å². The van der Waals surface area contributed by atoms with Crippen molar-refractivity contribution in [2.24, 2.45) is 0 Å². The molecular formula is C23H22N4O2S2. The second kappa shape index (κ2) is 8.36. The van der Waals surface area contributed by atoms with Crippen LogP contribution in [0.15, 0.2) is 71.3 Å². The van der Waals surface area contributed by atoms with Gasteiger partial charge in [0.2, 0.25) is 0 Å². The number of anilines is 1. The van der Waals surface area contributed by atoms with Gasteiger partial charge < -0.3 is 4.90 Å². The Balaban J connectivity index is 1.53. The maximum atomic E-state index is 12.9. The summed E-state index contributed by atoms with van der Waals surface area (Å²) >= 11 is 1.34. The third-order valence-electron chi connectivity index (χ3n) is 5.70. The lowest BCUT2D eigenvalue weighted by atomic mass is 9.95. The second-order valence-corrected chi connectivity index (χ2v) is 10.6. The van der Waals surface area contributed by atoms with Crippen LogP contribution in [0.5, 0.6) is 0 Å². The fraction of sp³-hybridized carbons (Fsp3) is 0.261. The van der Waals surface area contributed by atoms with Crippen molar-refractivity contribution < 1.29 is 8.42 Å². The lowest BCUT2D eigenvalue weighted by Crippen LogP contribution is -2.34. The van der Waals surface area contributed by atoms with Gasteiger partial charge in [0.25, 0.3) is 0 Å². The van der Waals surface area contributed by atoms with Crippen molar-refractivity contribution in [3.8, 4) is 0 Å². The summed E-state index contributed by atoms with van der Waals surface area (Å²) in [6, 6.07) is 15.9. The summed E-state index contributed by atoms with van der Waals surface area (Å²) in [5, 5.41) is 3.24.